The van der Waals surface area contributed by atoms with E-state index in [2.05, 4.69) is 9.88 Å². The quantitative estimate of drug-likeness (QED) is 0.759. The van der Waals surface area contributed by atoms with Crippen LogP contribution in [0.2, 0.25) is 0 Å². The standard InChI is InChI=1S/C10H14N4/c1-14(2)6-5-9-4-3-8(7-11)10(12)13-9/h3-4H,5-6H2,1-2H3,(H2,12,13). The Kier molecular flexibility index (Phi) is 3.43. The van der Waals surface area contributed by atoms with E-state index in [-0.39, 0.29) is 0 Å². The van der Waals surface area contributed by atoms with Crippen LogP contribution in [0.3, 0.4) is 0 Å². The highest BCUT2D eigenvalue weighted by molar-refractivity contribution is 5.48. The van der Waals surface area contributed by atoms with Crippen LogP contribution in [0.1, 0.15) is 11.3 Å². The van der Waals surface area contributed by atoms with Gasteiger partial charge in [-0.25, -0.2) is 4.98 Å². The van der Waals surface area contributed by atoms with Crippen LogP contribution in [0.4, 0.5) is 5.82 Å². The maximum Gasteiger partial charge on any atom is 0.141 e. The summed E-state index contributed by atoms with van der Waals surface area (Å²) in [7, 11) is 4.01. The van der Waals surface area contributed by atoms with Crippen molar-refractivity contribution in [1.29, 1.82) is 5.26 Å². The highest BCUT2D eigenvalue weighted by Gasteiger charge is 2.01. The molecule has 0 unspecified atom stereocenters. The Morgan fingerprint density at radius 3 is 2.71 bits per heavy atom. The molecular weight excluding hydrogens is 176 g/mol. The zero-order valence-electron chi connectivity index (χ0n) is 8.49. The first-order valence-corrected chi connectivity index (χ1v) is 4.43. The van der Waals surface area contributed by atoms with Gasteiger partial charge >= 0.3 is 0 Å². The van der Waals surface area contributed by atoms with Crippen molar-refractivity contribution in [2.24, 2.45) is 0 Å². The van der Waals surface area contributed by atoms with Gasteiger partial charge in [-0.3, -0.25) is 0 Å². The van der Waals surface area contributed by atoms with Crippen LogP contribution in [0.5, 0.6) is 0 Å². The predicted octanol–water partition coefficient (Wildman–Crippen LogP) is 0.640. The summed E-state index contributed by atoms with van der Waals surface area (Å²) in [5, 5.41) is 8.65. The van der Waals surface area contributed by atoms with Crippen molar-refractivity contribution in [2.45, 2.75) is 6.42 Å². The zero-order chi connectivity index (χ0) is 10.6. The average molecular weight is 190 g/mol. The molecule has 0 amide bonds. The third-order valence-corrected chi connectivity index (χ3v) is 1.92. The van der Waals surface area contributed by atoms with Gasteiger partial charge in [-0.05, 0) is 26.2 Å². The summed E-state index contributed by atoms with van der Waals surface area (Å²) in [6.45, 7) is 0.929. The molecule has 0 radical (unpaired) electrons. The summed E-state index contributed by atoms with van der Waals surface area (Å²) < 4.78 is 0. The molecule has 0 saturated carbocycles. The van der Waals surface area contributed by atoms with Crippen molar-refractivity contribution in [2.75, 3.05) is 26.4 Å². The zero-order valence-corrected chi connectivity index (χ0v) is 8.49. The molecule has 0 atom stereocenters. The number of hydrogen-bond donors (Lipinski definition) is 1. The van der Waals surface area contributed by atoms with E-state index in [4.69, 9.17) is 11.0 Å². The lowest BCUT2D eigenvalue weighted by Gasteiger charge is -2.08. The monoisotopic (exact) mass is 190 g/mol. The van der Waals surface area contributed by atoms with Gasteiger partial charge in [-0.15, -0.1) is 0 Å². The number of pyridine rings is 1. The highest BCUT2D eigenvalue weighted by Crippen LogP contribution is 2.08. The molecule has 14 heavy (non-hydrogen) atoms. The van der Waals surface area contributed by atoms with Gasteiger partial charge in [-0.1, -0.05) is 0 Å². The van der Waals surface area contributed by atoms with Crippen LogP contribution in [0.25, 0.3) is 0 Å². The number of nitrogens with two attached hydrogens (primary N) is 1. The van der Waals surface area contributed by atoms with Crippen molar-refractivity contribution in [3.63, 3.8) is 0 Å². The van der Waals surface area contributed by atoms with Gasteiger partial charge in [0.1, 0.15) is 11.9 Å². The Morgan fingerprint density at radius 2 is 2.21 bits per heavy atom. The summed E-state index contributed by atoms with van der Waals surface area (Å²) in [5.41, 5.74) is 6.96. The molecule has 0 spiro atoms. The molecule has 0 aliphatic rings. The van der Waals surface area contributed by atoms with Crippen LogP contribution in [0.15, 0.2) is 12.1 Å². The van der Waals surface area contributed by atoms with Gasteiger partial charge < -0.3 is 10.6 Å². The van der Waals surface area contributed by atoms with E-state index >= 15 is 0 Å². The van der Waals surface area contributed by atoms with Gasteiger partial charge in [0.05, 0.1) is 5.56 Å². The molecule has 0 fully saturated rings. The minimum atomic E-state index is 0.323. The van der Waals surface area contributed by atoms with Crippen molar-refractivity contribution >= 4 is 5.82 Å². The van der Waals surface area contributed by atoms with Crippen LogP contribution in [0, 0.1) is 11.3 Å². The van der Waals surface area contributed by atoms with Gasteiger partial charge in [0.2, 0.25) is 0 Å². The van der Waals surface area contributed by atoms with Crippen LogP contribution >= 0.6 is 0 Å². The second-order valence-electron chi connectivity index (χ2n) is 3.40. The number of hydrogen-bond acceptors (Lipinski definition) is 4. The second kappa shape index (κ2) is 4.58. The largest absolute Gasteiger partial charge is 0.383 e. The van der Waals surface area contributed by atoms with E-state index in [9.17, 15) is 0 Å². The second-order valence-corrected chi connectivity index (χ2v) is 3.40. The third-order valence-electron chi connectivity index (χ3n) is 1.92. The molecule has 4 nitrogen and oxygen atoms in total. The minimum Gasteiger partial charge on any atom is -0.383 e. The molecule has 1 heterocycles. The Balaban J connectivity index is 2.73. The number of rotatable bonds is 3. The van der Waals surface area contributed by atoms with Crippen LogP contribution < -0.4 is 5.73 Å². The number of likely N-dealkylation sites (N-methyl/N-ethyl adjacent to an activating group) is 1. The lowest BCUT2D eigenvalue weighted by Crippen LogP contribution is -2.15. The number of anilines is 1. The van der Waals surface area contributed by atoms with E-state index in [0.717, 1.165) is 18.7 Å². The predicted molar refractivity (Wildman–Crippen MR) is 55.6 cm³/mol. The van der Waals surface area contributed by atoms with Crippen LogP contribution in [-0.4, -0.2) is 30.5 Å². The molecule has 1 aromatic rings. The first-order valence-electron chi connectivity index (χ1n) is 4.43. The smallest absolute Gasteiger partial charge is 0.141 e. The van der Waals surface area contributed by atoms with Crippen LogP contribution in [-0.2, 0) is 6.42 Å². The topological polar surface area (TPSA) is 65.9 Å². The van der Waals surface area contributed by atoms with E-state index in [1.165, 1.54) is 0 Å². The van der Waals surface area contributed by atoms with Crippen molar-refractivity contribution < 1.29 is 0 Å². The summed E-state index contributed by atoms with van der Waals surface area (Å²) in [6, 6.07) is 5.55. The van der Waals surface area contributed by atoms with Gasteiger partial charge in [-0.2, -0.15) is 5.26 Å². The molecule has 2 N–H and O–H groups in total. The summed E-state index contributed by atoms with van der Waals surface area (Å²) in [6.07, 6.45) is 0.850. The molecule has 0 bridgehead atoms. The fourth-order valence-corrected chi connectivity index (χ4v) is 1.09. The van der Waals surface area contributed by atoms with Gasteiger partial charge in [0, 0.05) is 18.7 Å². The number of aromatic nitrogens is 1. The Labute approximate surface area is 84.0 Å². The van der Waals surface area contributed by atoms with Gasteiger partial charge in [0.15, 0.2) is 0 Å². The first-order chi connectivity index (χ1) is 6.63. The minimum absolute atomic E-state index is 0.323. The molecule has 0 aromatic carbocycles. The molecule has 4 heteroatoms. The van der Waals surface area contributed by atoms with E-state index in [0.29, 0.717) is 11.4 Å². The number of nitrogens with zero attached hydrogens (tertiary/aromatic N) is 3. The SMILES string of the molecule is CN(C)CCc1ccc(C#N)c(N)n1. The van der Waals surface area contributed by atoms with Crippen molar-refractivity contribution in [3.05, 3.63) is 23.4 Å². The third kappa shape index (κ3) is 2.71. The number of nitrogen functional groups attached to an aromatic ring is 1. The molecule has 1 rings (SSSR count). The van der Waals surface area contributed by atoms with E-state index < -0.39 is 0 Å². The maximum absolute atomic E-state index is 8.65. The lowest BCUT2D eigenvalue weighted by molar-refractivity contribution is 0.412. The average Bonchev–Trinajstić information content (AvgIpc) is 2.15. The summed E-state index contributed by atoms with van der Waals surface area (Å²) in [5.74, 6) is 0.323. The summed E-state index contributed by atoms with van der Waals surface area (Å²) >= 11 is 0. The molecule has 0 aliphatic carbocycles. The molecule has 1 aromatic heterocycles. The summed E-state index contributed by atoms with van der Waals surface area (Å²) in [4.78, 5) is 6.22. The van der Waals surface area contributed by atoms with E-state index in [1.54, 1.807) is 6.07 Å². The lowest BCUT2D eigenvalue weighted by atomic mass is 10.2. The molecule has 0 aliphatic heterocycles. The highest BCUT2D eigenvalue weighted by atomic mass is 15.0. The van der Waals surface area contributed by atoms with Gasteiger partial charge in [0.25, 0.3) is 0 Å². The number of nitriles is 1. The Hall–Kier alpha value is -1.60. The molecule has 74 valence electrons. The normalized spacial score (nSPS) is 10.1. The van der Waals surface area contributed by atoms with Crippen molar-refractivity contribution in [3.8, 4) is 6.07 Å². The fraction of sp³-hybridized carbons (Fsp3) is 0.400. The molecular formula is C10H14N4. The van der Waals surface area contributed by atoms with E-state index in [1.807, 2.05) is 26.2 Å². The maximum atomic E-state index is 8.65. The van der Waals surface area contributed by atoms with Crippen molar-refractivity contribution in [1.82, 2.24) is 9.88 Å². The molecule has 0 saturated heterocycles. The Bertz CT molecular complexity index is 352. The Morgan fingerprint density at radius 1 is 1.50 bits per heavy atom. The fourth-order valence-electron chi connectivity index (χ4n) is 1.09. The first kappa shape index (κ1) is 10.5.